The lowest BCUT2D eigenvalue weighted by atomic mass is 9.86. The molecule has 2 bridgehead atoms. The van der Waals surface area contributed by atoms with E-state index in [2.05, 4.69) is 184 Å². The molecule has 0 radical (unpaired) electrons. The first-order chi connectivity index (χ1) is 26.2. The van der Waals surface area contributed by atoms with Gasteiger partial charge in [-0.15, -0.1) is 0 Å². The minimum Gasteiger partial charge on any atom is -0.336 e. The van der Waals surface area contributed by atoms with Gasteiger partial charge in [-0.05, 0) is 55.0 Å². The summed E-state index contributed by atoms with van der Waals surface area (Å²) in [5.41, 5.74) is 16.7. The van der Waals surface area contributed by atoms with E-state index >= 15 is 0 Å². The van der Waals surface area contributed by atoms with E-state index in [0.717, 1.165) is 46.9 Å². The molecule has 5 aromatic carbocycles. The lowest BCUT2D eigenvalue weighted by Gasteiger charge is -2.36. The smallest absolute Gasteiger partial charge is 0.148 e. The van der Waals surface area contributed by atoms with E-state index in [4.69, 9.17) is 4.99 Å². The van der Waals surface area contributed by atoms with E-state index in [-0.39, 0.29) is 5.92 Å². The highest BCUT2D eigenvalue weighted by molar-refractivity contribution is 6.11. The summed E-state index contributed by atoms with van der Waals surface area (Å²) in [6.45, 7) is 6.43. The quantitative estimate of drug-likeness (QED) is 0.135. The fourth-order valence-electron chi connectivity index (χ4n) is 8.19. The van der Waals surface area contributed by atoms with Gasteiger partial charge in [0.15, 0.2) is 0 Å². The number of hydrogen-bond acceptors (Lipinski definition) is 4. The zero-order chi connectivity index (χ0) is 35.7. The normalized spacial score (nSPS) is 18.4. The number of fused-ring (bicyclic) bond motifs is 8. The molecule has 0 saturated heterocycles. The van der Waals surface area contributed by atoms with Crippen molar-refractivity contribution < 1.29 is 0 Å². The van der Waals surface area contributed by atoms with Gasteiger partial charge in [-0.25, -0.2) is 0 Å². The van der Waals surface area contributed by atoms with Crippen LogP contribution >= 0.6 is 0 Å². The number of hydrogen-bond donors (Lipinski definition) is 2. The third kappa shape index (κ3) is 5.87. The van der Waals surface area contributed by atoms with Gasteiger partial charge in [0, 0.05) is 52.2 Å². The third-order valence-electron chi connectivity index (χ3n) is 10.5. The first-order valence-corrected chi connectivity index (χ1v) is 18.4. The fourth-order valence-corrected chi connectivity index (χ4v) is 8.19. The SMILES string of the molecule is C=C1/C=C\C=C/CN(C2=C(n3c4ccccc4c4ccccc43)C3CC(=C2)c2ccccc2N(N/C(=N\CNC)c2ccccc2)C3)c2ccccc21. The number of anilines is 2. The number of nitrogens with one attached hydrogen (secondary N) is 2. The second-order valence-corrected chi connectivity index (χ2v) is 13.8. The lowest BCUT2D eigenvalue weighted by molar-refractivity contribution is 0.609. The Hall–Kier alpha value is -6.37. The van der Waals surface area contributed by atoms with Crippen molar-refractivity contribution in [3.8, 4) is 0 Å². The van der Waals surface area contributed by atoms with Crippen LogP contribution in [-0.2, 0) is 0 Å². The van der Waals surface area contributed by atoms with Crippen LogP contribution in [0.15, 0.2) is 175 Å². The maximum atomic E-state index is 4.99. The van der Waals surface area contributed by atoms with Crippen molar-refractivity contribution in [3.63, 3.8) is 0 Å². The Morgan fingerprint density at radius 1 is 0.755 bits per heavy atom. The van der Waals surface area contributed by atoms with Gasteiger partial charge >= 0.3 is 0 Å². The Morgan fingerprint density at radius 2 is 1.42 bits per heavy atom. The molecule has 260 valence electrons. The predicted octanol–water partition coefficient (Wildman–Crippen LogP) is 9.66. The molecule has 1 aliphatic carbocycles. The third-order valence-corrected chi connectivity index (χ3v) is 10.5. The van der Waals surface area contributed by atoms with E-state index in [1.54, 1.807) is 0 Å². The number of hydrazine groups is 1. The molecule has 1 atom stereocenters. The monoisotopic (exact) mass is 690 g/mol. The van der Waals surface area contributed by atoms with Gasteiger partial charge in [-0.3, -0.25) is 15.4 Å². The van der Waals surface area contributed by atoms with Crippen molar-refractivity contribution in [3.05, 3.63) is 187 Å². The summed E-state index contributed by atoms with van der Waals surface area (Å²) in [6, 6.07) is 45.6. The average Bonchev–Trinajstić information content (AvgIpc) is 3.51. The Balaban J connectivity index is 1.31. The van der Waals surface area contributed by atoms with E-state index in [1.807, 2.05) is 13.1 Å². The van der Waals surface area contributed by atoms with Crippen molar-refractivity contribution in [2.75, 3.05) is 36.7 Å². The molecule has 9 rings (SSSR count). The van der Waals surface area contributed by atoms with Crippen molar-refractivity contribution in [2.45, 2.75) is 6.42 Å². The molecular weight excluding hydrogens is 649 g/mol. The molecule has 1 unspecified atom stereocenters. The number of para-hydroxylation sites is 4. The second kappa shape index (κ2) is 14.0. The molecule has 0 spiro atoms. The van der Waals surface area contributed by atoms with Crippen LogP contribution in [0, 0.1) is 5.92 Å². The van der Waals surface area contributed by atoms with Gasteiger partial charge in [-0.2, -0.15) is 0 Å². The van der Waals surface area contributed by atoms with E-state index in [1.165, 1.54) is 44.3 Å². The van der Waals surface area contributed by atoms with Gasteiger partial charge in [0.1, 0.15) is 5.84 Å². The van der Waals surface area contributed by atoms with E-state index in [0.29, 0.717) is 13.2 Å². The molecular formula is C47H42N6. The molecule has 53 heavy (non-hydrogen) atoms. The Morgan fingerprint density at radius 3 is 2.17 bits per heavy atom. The number of aromatic nitrogens is 1. The molecule has 3 aliphatic rings. The van der Waals surface area contributed by atoms with Crippen molar-refractivity contribution in [2.24, 2.45) is 10.9 Å². The van der Waals surface area contributed by atoms with Crippen molar-refractivity contribution in [1.29, 1.82) is 0 Å². The molecule has 1 aromatic heterocycles. The summed E-state index contributed by atoms with van der Waals surface area (Å²) in [5.74, 6) is 0.934. The number of amidine groups is 1. The molecule has 0 saturated carbocycles. The fraction of sp³-hybridized carbons (Fsp3) is 0.128. The van der Waals surface area contributed by atoms with Gasteiger partial charge in [0.2, 0.25) is 0 Å². The molecule has 2 aliphatic heterocycles. The van der Waals surface area contributed by atoms with Crippen LogP contribution in [0.4, 0.5) is 11.4 Å². The van der Waals surface area contributed by atoms with Crippen molar-refractivity contribution in [1.82, 2.24) is 15.3 Å². The minimum atomic E-state index is 0.107. The molecule has 6 aromatic rings. The van der Waals surface area contributed by atoms with Crippen LogP contribution < -0.4 is 20.7 Å². The number of nitrogens with zero attached hydrogens (tertiary/aromatic N) is 4. The summed E-state index contributed by atoms with van der Waals surface area (Å²) >= 11 is 0. The first kappa shape index (κ1) is 32.5. The highest BCUT2D eigenvalue weighted by atomic mass is 15.5. The molecule has 6 nitrogen and oxygen atoms in total. The topological polar surface area (TPSA) is 47.8 Å². The molecule has 3 heterocycles. The number of benzene rings is 5. The lowest BCUT2D eigenvalue weighted by Crippen LogP contribution is -2.46. The number of rotatable bonds is 6. The zero-order valence-corrected chi connectivity index (χ0v) is 29.9. The minimum absolute atomic E-state index is 0.107. The summed E-state index contributed by atoms with van der Waals surface area (Å²) in [7, 11) is 1.93. The number of allylic oxidation sites excluding steroid dienone is 6. The van der Waals surface area contributed by atoms with Crippen molar-refractivity contribution >= 4 is 55.9 Å². The highest BCUT2D eigenvalue weighted by Gasteiger charge is 2.36. The summed E-state index contributed by atoms with van der Waals surface area (Å²) in [6.07, 6.45) is 12.0. The molecule has 0 fully saturated rings. The Labute approximate surface area is 311 Å². The zero-order valence-electron chi connectivity index (χ0n) is 29.9. The number of aliphatic imine (C=N–C) groups is 1. The predicted molar refractivity (Wildman–Crippen MR) is 224 cm³/mol. The van der Waals surface area contributed by atoms with Crippen LogP contribution in [0.5, 0.6) is 0 Å². The van der Waals surface area contributed by atoms with Crippen LogP contribution in [-0.4, -0.2) is 37.2 Å². The molecule has 0 amide bonds. The summed E-state index contributed by atoms with van der Waals surface area (Å²) in [4.78, 5) is 7.49. The highest BCUT2D eigenvalue weighted by Crippen LogP contribution is 2.48. The summed E-state index contributed by atoms with van der Waals surface area (Å²) < 4.78 is 2.55. The van der Waals surface area contributed by atoms with Crippen LogP contribution in [0.2, 0.25) is 0 Å². The Bertz CT molecular complexity index is 2460. The standard InChI is InChI=1S/C47H42N6/c1-33-17-5-4-16-28-51(41-24-12-8-20-37(33)41)45-30-35-29-36(46(45)53-43-26-14-10-22-39(43)40-23-11-15-27-44(40)53)31-52(42-25-13-9-21-38(35)42)50-47(49-32-48-2)34-18-6-3-7-19-34/h3-27,30,36,48H,1,28-29,31-32H2,2H3,(H,49,50)/b16-4-,17-5-. The maximum Gasteiger partial charge on any atom is 0.148 e. The molecule has 6 heteroatoms. The first-order valence-electron chi connectivity index (χ1n) is 18.4. The Kier molecular flexibility index (Phi) is 8.58. The van der Waals surface area contributed by atoms with E-state index < -0.39 is 0 Å². The largest absolute Gasteiger partial charge is 0.336 e. The van der Waals surface area contributed by atoms with Gasteiger partial charge < -0.3 is 14.8 Å². The van der Waals surface area contributed by atoms with E-state index in [9.17, 15) is 0 Å². The van der Waals surface area contributed by atoms with Gasteiger partial charge in [0.25, 0.3) is 0 Å². The van der Waals surface area contributed by atoms with Crippen LogP contribution in [0.3, 0.4) is 0 Å². The average molecular weight is 691 g/mol. The summed E-state index contributed by atoms with van der Waals surface area (Å²) in [5, 5.41) is 8.05. The van der Waals surface area contributed by atoms with Crippen LogP contribution in [0.1, 0.15) is 23.1 Å². The molecule has 2 N–H and O–H groups in total. The van der Waals surface area contributed by atoms with Gasteiger partial charge in [0.05, 0.1) is 34.8 Å². The second-order valence-electron chi connectivity index (χ2n) is 13.8. The maximum absolute atomic E-state index is 4.99. The van der Waals surface area contributed by atoms with Crippen LogP contribution in [0.25, 0.3) is 38.6 Å². The van der Waals surface area contributed by atoms with Gasteiger partial charge in [-0.1, -0.05) is 134 Å².